The van der Waals surface area contributed by atoms with Crippen molar-refractivity contribution in [3.8, 4) is 10.4 Å². The molecule has 0 aliphatic carbocycles. The Morgan fingerprint density at radius 3 is 1.84 bits per heavy atom. The summed E-state index contributed by atoms with van der Waals surface area (Å²) in [5.74, 6) is 0. The van der Waals surface area contributed by atoms with Crippen LogP contribution in [0.4, 0.5) is 0 Å². The molecule has 0 aliphatic heterocycles. The number of hydrogen-bond donors (Lipinski definition) is 0. The summed E-state index contributed by atoms with van der Waals surface area (Å²) < 4.78 is 4.01. The van der Waals surface area contributed by atoms with Crippen LogP contribution in [-0.2, 0) is 12.1 Å². The standard InChI is InChI=1S/C33H27N3OS/c1-25-30(23-35-21-11-19-29(32(35)37)31-20-12-22-38-31)34-24-36(25)33(26-13-5-2-6-14-26,27-15-7-3-8-16-27)28-17-9-4-10-18-28/h2-22,24H,23H2,1H3. The third kappa shape index (κ3) is 4.01. The monoisotopic (exact) mass is 513 g/mol. The van der Waals surface area contributed by atoms with Crippen molar-refractivity contribution in [3.05, 3.63) is 172 Å². The average molecular weight is 514 g/mol. The average Bonchev–Trinajstić information content (AvgIpc) is 3.63. The Balaban J connectivity index is 1.54. The van der Waals surface area contributed by atoms with E-state index in [4.69, 9.17) is 4.98 Å². The van der Waals surface area contributed by atoms with Crippen molar-refractivity contribution in [2.24, 2.45) is 0 Å². The summed E-state index contributed by atoms with van der Waals surface area (Å²) in [6.45, 7) is 2.49. The molecule has 0 unspecified atom stereocenters. The Hall–Kier alpha value is -4.48. The molecular formula is C33H27N3OS. The largest absolute Gasteiger partial charge is 0.316 e. The molecule has 3 heterocycles. The van der Waals surface area contributed by atoms with E-state index in [9.17, 15) is 4.79 Å². The van der Waals surface area contributed by atoms with Gasteiger partial charge in [-0.25, -0.2) is 4.98 Å². The van der Waals surface area contributed by atoms with Crippen LogP contribution in [0.1, 0.15) is 28.1 Å². The number of pyridine rings is 1. The molecule has 6 aromatic rings. The fourth-order valence-corrected chi connectivity index (χ4v) is 6.08. The first-order chi connectivity index (χ1) is 18.7. The SMILES string of the molecule is Cc1c(Cn2cccc(-c3cccs3)c2=O)ncn1C(c1ccccc1)(c1ccccc1)c1ccccc1. The van der Waals surface area contributed by atoms with Crippen molar-refractivity contribution in [3.63, 3.8) is 0 Å². The molecule has 38 heavy (non-hydrogen) atoms. The lowest BCUT2D eigenvalue weighted by molar-refractivity contribution is 0.502. The van der Waals surface area contributed by atoms with Gasteiger partial charge >= 0.3 is 0 Å². The first-order valence-electron chi connectivity index (χ1n) is 12.6. The molecule has 3 aromatic carbocycles. The van der Waals surface area contributed by atoms with Gasteiger partial charge in [0.1, 0.15) is 5.54 Å². The summed E-state index contributed by atoms with van der Waals surface area (Å²) in [6.07, 6.45) is 3.77. The predicted octanol–water partition coefficient (Wildman–Crippen LogP) is 6.97. The Morgan fingerprint density at radius 1 is 0.737 bits per heavy atom. The van der Waals surface area contributed by atoms with E-state index in [1.54, 1.807) is 15.9 Å². The van der Waals surface area contributed by atoms with Gasteiger partial charge in [0.15, 0.2) is 0 Å². The van der Waals surface area contributed by atoms with Gasteiger partial charge in [0.05, 0.1) is 24.1 Å². The summed E-state index contributed by atoms with van der Waals surface area (Å²) in [4.78, 5) is 19.3. The summed E-state index contributed by atoms with van der Waals surface area (Å²) in [5, 5.41) is 1.99. The van der Waals surface area contributed by atoms with Gasteiger partial charge in [0.2, 0.25) is 0 Å². The summed E-state index contributed by atoms with van der Waals surface area (Å²) in [6, 6.07) is 39.5. The van der Waals surface area contributed by atoms with Crippen LogP contribution in [0.15, 0.2) is 138 Å². The predicted molar refractivity (Wildman–Crippen MR) is 155 cm³/mol. The van der Waals surface area contributed by atoms with E-state index >= 15 is 0 Å². The van der Waals surface area contributed by atoms with E-state index in [0.717, 1.165) is 33.0 Å². The second kappa shape index (κ2) is 10.1. The highest BCUT2D eigenvalue weighted by Gasteiger charge is 2.39. The lowest BCUT2D eigenvalue weighted by atomic mass is 9.76. The minimum absolute atomic E-state index is 0.00987. The first-order valence-corrected chi connectivity index (χ1v) is 13.5. The molecule has 186 valence electrons. The molecule has 0 spiro atoms. The fraction of sp³-hybridized carbons (Fsp3) is 0.0909. The number of rotatable bonds is 7. The Labute approximate surface area is 226 Å². The van der Waals surface area contributed by atoms with Gasteiger partial charge in [-0.3, -0.25) is 4.79 Å². The van der Waals surface area contributed by atoms with Crippen LogP contribution in [0, 0.1) is 6.92 Å². The molecule has 0 saturated heterocycles. The molecule has 0 saturated carbocycles. The highest BCUT2D eigenvalue weighted by atomic mass is 32.1. The lowest BCUT2D eigenvalue weighted by Gasteiger charge is -2.38. The minimum atomic E-state index is -0.636. The van der Waals surface area contributed by atoms with Crippen molar-refractivity contribution >= 4 is 11.3 Å². The van der Waals surface area contributed by atoms with Gasteiger partial charge in [-0.15, -0.1) is 11.3 Å². The van der Waals surface area contributed by atoms with Gasteiger partial charge in [-0.2, -0.15) is 0 Å². The number of benzene rings is 3. The molecule has 0 N–H and O–H groups in total. The van der Waals surface area contributed by atoms with Gasteiger partial charge in [0, 0.05) is 16.8 Å². The molecule has 3 aromatic heterocycles. The van der Waals surface area contributed by atoms with E-state index in [2.05, 4.69) is 84.3 Å². The Bertz CT molecular complexity index is 1610. The first kappa shape index (κ1) is 23.9. The quantitative estimate of drug-likeness (QED) is 0.216. The second-order valence-electron chi connectivity index (χ2n) is 9.29. The Morgan fingerprint density at radius 2 is 1.32 bits per heavy atom. The molecule has 0 radical (unpaired) electrons. The van der Waals surface area contributed by atoms with Crippen molar-refractivity contribution in [2.75, 3.05) is 0 Å². The van der Waals surface area contributed by atoms with Gasteiger partial charge in [-0.1, -0.05) is 97.1 Å². The highest BCUT2D eigenvalue weighted by Crippen LogP contribution is 2.41. The van der Waals surface area contributed by atoms with Crippen molar-refractivity contribution in [1.29, 1.82) is 0 Å². The number of hydrogen-bond acceptors (Lipinski definition) is 3. The fourth-order valence-electron chi connectivity index (χ4n) is 5.34. The van der Waals surface area contributed by atoms with E-state index in [-0.39, 0.29) is 5.56 Å². The maximum Gasteiger partial charge on any atom is 0.259 e. The van der Waals surface area contributed by atoms with Gasteiger partial charge < -0.3 is 9.13 Å². The van der Waals surface area contributed by atoms with Crippen LogP contribution in [0.5, 0.6) is 0 Å². The smallest absolute Gasteiger partial charge is 0.259 e. The van der Waals surface area contributed by atoms with Gasteiger partial charge in [0.25, 0.3) is 5.56 Å². The van der Waals surface area contributed by atoms with Crippen LogP contribution < -0.4 is 5.56 Å². The molecule has 0 aliphatic rings. The second-order valence-corrected chi connectivity index (χ2v) is 10.2. The Kier molecular flexibility index (Phi) is 6.36. The molecular weight excluding hydrogens is 486 g/mol. The highest BCUT2D eigenvalue weighted by molar-refractivity contribution is 7.13. The summed E-state index contributed by atoms with van der Waals surface area (Å²) >= 11 is 1.58. The zero-order chi connectivity index (χ0) is 26.0. The van der Waals surface area contributed by atoms with Crippen LogP contribution in [0.2, 0.25) is 0 Å². The minimum Gasteiger partial charge on any atom is -0.316 e. The molecule has 0 atom stereocenters. The summed E-state index contributed by atoms with van der Waals surface area (Å²) in [7, 11) is 0. The number of thiophene rings is 1. The topological polar surface area (TPSA) is 39.8 Å². The van der Waals surface area contributed by atoms with Crippen molar-refractivity contribution < 1.29 is 0 Å². The van der Waals surface area contributed by atoms with E-state index in [1.807, 2.05) is 60.4 Å². The van der Waals surface area contributed by atoms with Crippen molar-refractivity contribution in [1.82, 2.24) is 14.1 Å². The molecule has 0 bridgehead atoms. The third-order valence-corrected chi connectivity index (χ3v) is 8.07. The molecule has 6 rings (SSSR count). The summed E-state index contributed by atoms with van der Waals surface area (Å²) in [5.41, 5.74) is 5.36. The van der Waals surface area contributed by atoms with Crippen LogP contribution in [0.25, 0.3) is 10.4 Å². The molecule has 0 fully saturated rings. The number of aromatic nitrogens is 3. The van der Waals surface area contributed by atoms with E-state index in [1.165, 1.54) is 0 Å². The zero-order valence-corrected chi connectivity index (χ0v) is 21.9. The van der Waals surface area contributed by atoms with Gasteiger partial charge in [-0.05, 0) is 47.2 Å². The maximum absolute atomic E-state index is 13.4. The number of nitrogens with zero attached hydrogens (tertiary/aromatic N) is 3. The normalized spacial score (nSPS) is 11.5. The molecule has 0 amide bonds. The lowest BCUT2D eigenvalue weighted by Crippen LogP contribution is -2.38. The van der Waals surface area contributed by atoms with Crippen molar-refractivity contribution in [2.45, 2.75) is 19.0 Å². The van der Waals surface area contributed by atoms with E-state index < -0.39 is 5.54 Å². The molecule has 4 nitrogen and oxygen atoms in total. The zero-order valence-electron chi connectivity index (χ0n) is 21.1. The van der Waals surface area contributed by atoms with Crippen LogP contribution >= 0.6 is 11.3 Å². The van der Waals surface area contributed by atoms with Crippen LogP contribution in [-0.4, -0.2) is 14.1 Å². The molecule has 5 heteroatoms. The van der Waals surface area contributed by atoms with Crippen LogP contribution in [0.3, 0.4) is 0 Å². The van der Waals surface area contributed by atoms with E-state index in [0.29, 0.717) is 12.1 Å². The third-order valence-electron chi connectivity index (χ3n) is 7.17. The maximum atomic E-state index is 13.4. The number of imidazole rings is 1.